The van der Waals surface area contributed by atoms with Crippen LogP contribution in [0, 0.1) is 11.8 Å². The molecule has 0 saturated carbocycles. The molecule has 0 aromatic heterocycles. The van der Waals surface area contributed by atoms with Crippen LogP contribution in [-0.2, 0) is 0 Å². The van der Waals surface area contributed by atoms with Gasteiger partial charge in [0, 0.05) is 18.2 Å². The highest BCUT2D eigenvalue weighted by Crippen LogP contribution is 2.22. The Hall–Kier alpha value is -3.47. The number of amides is 2. The standard InChI is InChI=1S/C19H15F3N2O3/c1-23-18(26)16-7-3-2-5-13(16)6-4-12-24-17(25)14-8-10-15(11-9-14)27-19(20,21)22/h2-3,5,7-11H,12H2,1H3,(H,23,26)(H,24,25). The Morgan fingerprint density at radius 3 is 2.33 bits per heavy atom. The third-order valence-electron chi connectivity index (χ3n) is 3.31. The van der Waals surface area contributed by atoms with Crippen molar-refractivity contribution in [3.63, 3.8) is 0 Å². The summed E-state index contributed by atoms with van der Waals surface area (Å²) in [6.45, 7) is 0.00170. The molecule has 0 saturated heterocycles. The van der Waals surface area contributed by atoms with E-state index in [0.29, 0.717) is 11.1 Å². The van der Waals surface area contributed by atoms with Gasteiger partial charge in [0.05, 0.1) is 12.1 Å². The van der Waals surface area contributed by atoms with E-state index in [2.05, 4.69) is 27.2 Å². The molecule has 0 fully saturated rings. The number of alkyl halides is 3. The van der Waals surface area contributed by atoms with Crippen molar-refractivity contribution < 1.29 is 27.5 Å². The van der Waals surface area contributed by atoms with Gasteiger partial charge in [-0.25, -0.2) is 0 Å². The van der Waals surface area contributed by atoms with Crippen LogP contribution in [0.4, 0.5) is 13.2 Å². The molecule has 0 aliphatic rings. The first-order valence-corrected chi connectivity index (χ1v) is 7.74. The van der Waals surface area contributed by atoms with E-state index in [1.54, 1.807) is 24.3 Å². The smallest absolute Gasteiger partial charge is 0.406 e. The van der Waals surface area contributed by atoms with Crippen molar-refractivity contribution >= 4 is 11.8 Å². The first-order valence-electron chi connectivity index (χ1n) is 7.74. The van der Waals surface area contributed by atoms with E-state index in [9.17, 15) is 22.8 Å². The van der Waals surface area contributed by atoms with Crippen molar-refractivity contribution in [1.82, 2.24) is 10.6 Å². The first kappa shape index (κ1) is 19.8. The van der Waals surface area contributed by atoms with Gasteiger partial charge in [0.15, 0.2) is 0 Å². The number of halogens is 3. The van der Waals surface area contributed by atoms with Crippen molar-refractivity contribution in [2.24, 2.45) is 0 Å². The van der Waals surface area contributed by atoms with E-state index in [1.807, 2.05) is 0 Å². The Labute approximate surface area is 153 Å². The number of carbonyl (C=O) groups excluding carboxylic acids is 2. The Kier molecular flexibility index (Phi) is 6.44. The molecule has 2 N–H and O–H groups in total. The monoisotopic (exact) mass is 376 g/mol. The molecule has 140 valence electrons. The van der Waals surface area contributed by atoms with Gasteiger partial charge in [0.2, 0.25) is 0 Å². The molecule has 0 radical (unpaired) electrons. The lowest BCUT2D eigenvalue weighted by atomic mass is 10.1. The lowest BCUT2D eigenvalue weighted by Gasteiger charge is -2.09. The van der Waals surface area contributed by atoms with E-state index >= 15 is 0 Å². The highest BCUT2D eigenvalue weighted by atomic mass is 19.4. The number of nitrogens with one attached hydrogen (secondary N) is 2. The SMILES string of the molecule is CNC(=O)c1ccccc1C#CCNC(=O)c1ccc(OC(F)(F)F)cc1. The van der Waals surface area contributed by atoms with Gasteiger partial charge in [-0.05, 0) is 36.4 Å². The van der Waals surface area contributed by atoms with Crippen molar-refractivity contribution in [1.29, 1.82) is 0 Å². The van der Waals surface area contributed by atoms with Gasteiger partial charge in [-0.1, -0.05) is 24.0 Å². The molecule has 0 atom stereocenters. The van der Waals surface area contributed by atoms with Crippen molar-refractivity contribution in [2.45, 2.75) is 6.36 Å². The second-order valence-corrected chi connectivity index (χ2v) is 5.18. The molecule has 0 unspecified atom stereocenters. The maximum Gasteiger partial charge on any atom is 0.573 e. The van der Waals surface area contributed by atoms with Gasteiger partial charge < -0.3 is 15.4 Å². The normalized spacial score (nSPS) is 10.4. The summed E-state index contributed by atoms with van der Waals surface area (Å²) in [5.41, 5.74) is 1.09. The number of hydrogen-bond donors (Lipinski definition) is 2. The summed E-state index contributed by atoms with van der Waals surface area (Å²) < 4.78 is 40.1. The van der Waals surface area contributed by atoms with Gasteiger partial charge >= 0.3 is 6.36 Å². The third-order valence-corrected chi connectivity index (χ3v) is 3.31. The molecule has 0 bridgehead atoms. The maximum atomic E-state index is 12.1. The molecular weight excluding hydrogens is 361 g/mol. The number of ether oxygens (including phenoxy) is 1. The number of carbonyl (C=O) groups is 2. The number of benzene rings is 2. The Bertz CT molecular complexity index is 882. The second-order valence-electron chi connectivity index (χ2n) is 5.18. The molecule has 2 amide bonds. The summed E-state index contributed by atoms with van der Waals surface area (Å²) in [6, 6.07) is 11.3. The quantitative estimate of drug-likeness (QED) is 0.807. The average molecular weight is 376 g/mol. The lowest BCUT2D eigenvalue weighted by Crippen LogP contribution is -2.23. The van der Waals surface area contributed by atoms with E-state index in [4.69, 9.17) is 0 Å². The fraction of sp³-hybridized carbons (Fsp3) is 0.158. The lowest BCUT2D eigenvalue weighted by molar-refractivity contribution is -0.274. The van der Waals surface area contributed by atoms with E-state index in [0.717, 1.165) is 12.1 Å². The summed E-state index contributed by atoms with van der Waals surface area (Å²) in [5, 5.41) is 5.04. The first-order chi connectivity index (χ1) is 12.8. The zero-order valence-electron chi connectivity index (χ0n) is 14.2. The van der Waals surface area contributed by atoms with Gasteiger partial charge in [-0.2, -0.15) is 0 Å². The fourth-order valence-electron chi connectivity index (χ4n) is 2.10. The molecule has 27 heavy (non-hydrogen) atoms. The van der Waals surface area contributed by atoms with Crippen molar-refractivity contribution in [3.8, 4) is 17.6 Å². The number of rotatable bonds is 4. The Morgan fingerprint density at radius 2 is 1.70 bits per heavy atom. The summed E-state index contributed by atoms with van der Waals surface area (Å²) in [5.74, 6) is 4.35. The van der Waals surface area contributed by atoms with Gasteiger partial charge in [-0.15, -0.1) is 13.2 Å². The van der Waals surface area contributed by atoms with Crippen LogP contribution in [0.2, 0.25) is 0 Å². The van der Waals surface area contributed by atoms with E-state index < -0.39 is 18.0 Å². The molecule has 8 heteroatoms. The highest BCUT2D eigenvalue weighted by molar-refractivity contribution is 5.96. The zero-order valence-corrected chi connectivity index (χ0v) is 14.2. The Balaban J connectivity index is 1.96. The van der Waals surface area contributed by atoms with Crippen molar-refractivity contribution in [3.05, 3.63) is 65.2 Å². The fourth-order valence-corrected chi connectivity index (χ4v) is 2.10. The van der Waals surface area contributed by atoms with Crippen LogP contribution in [0.3, 0.4) is 0 Å². The molecular formula is C19H15F3N2O3. The van der Waals surface area contributed by atoms with Gasteiger partial charge in [0.25, 0.3) is 11.8 Å². The zero-order chi connectivity index (χ0) is 19.9. The molecule has 2 aromatic rings. The summed E-state index contributed by atoms with van der Waals surface area (Å²) in [4.78, 5) is 23.7. The minimum atomic E-state index is -4.79. The largest absolute Gasteiger partial charge is 0.573 e. The van der Waals surface area contributed by atoms with Crippen LogP contribution >= 0.6 is 0 Å². The minimum Gasteiger partial charge on any atom is -0.406 e. The molecule has 0 aliphatic carbocycles. The Morgan fingerprint density at radius 1 is 1.04 bits per heavy atom. The second kappa shape index (κ2) is 8.76. The topological polar surface area (TPSA) is 67.4 Å². The molecule has 2 rings (SSSR count). The molecule has 0 heterocycles. The van der Waals surface area contributed by atoms with E-state index in [1.165, 1.54) is 19.2 Å². The highest BCUT2D eigenvalue weighted by Gasteiger charge is 2.31. The van der Waals surface area contributed by atoms with Crippen LogP contribution in [0.15, 0.2) is 48.5 Å². The summed E-state index contributed by atoms with van der Waals surface area (Å²) in [6.07, 6.45) is -4.79. The predicted octanol–water partition coefficient (Wildman–Crippen LogP) is 2.73. The van der Waals surface area contributed by atoms with Crippen LogP contribution in [0.5, 0.6) is 5.75 Å². The van der Waals surface area contributed by atoms with Gasteiger partial charge in [0.1, 0.15) is 5.75 Å². The third kappa shape index (κ3) is 6.08. The molecule has 0 spiro atoms. The number of hydrogen-bond acceptors (Lipinski definition) is 3. The van der Waals surface area contributed by atoms with Gasteiger partial charge in [-0.3, -0.25) is 9.59 Å². The average Bonchev–Trinajstić information content (AvgIpc) is 2.64. The molecule has 2 aromatic carbocycles. The van der Waals surface area contributed by atoms with E-state index in [-0.39, 0.29) is 18.0 Å². The van der Waals surface area contributed by atoms with Crippen LogP contribution in [-0.4, -0.2) is 31.8 Å². The van der Waals surface area contributed by atoms with Crippen LogP contribution in [0.25, 0.3) is 0 Å². The summed E-state index contributed by atoms with van der Waals surface area (Å²) >= 11 is 0. The van der Waals surface area contributed by atoms with Crippen LogP contribution in [0.1, 0.15) is 26.3 Å². The molecule has 5 nitrogen and oxygen atoms in total. The van der Waals surface area contributed by atoms with Crippen LogP contribution < -0.4 is 15.4 Å². The predicted molar refractivity (Wildman–Crippen MR) is 92.2 cm³/mol. The minimum absolute atomic E-state index is 0.00170. The van der Waals surface area contributed by atoms with Crippen molar-refractivity contribution in [2.75, 3.05) is 13.6 Å². The maximum absolute atomic E-state index is 12.1. The molecule has 0 aliphatic heterocycles. The summed E-state index contributed by atoms with van der Waals surface area (Å²) in [7, 11) is 1.51.